The van der Waals surface area contributed by atoms with E-state index in [0.717, 1.165) is 64.2 Å². The van der Waals surface area contributed by atoms with Crippen LogP contribution in [0.5, 0.6) is 5.75 Å². The summed E-state index contributed by atoms with van der Waals surface area (Å²) in [6.45, 7) is 0. The quantitative estimate of drug-likeness (QED) is 0.397. The summed E-state index contributed by atoms with van der Waals surface area (Å²) >= 11 is 0. The molecule has 2 aliphatic rings. The van der Waals surface area contributed by atoms with Crippen LogP contribution < -0.4 is 10.1 Å². The van der Waals surface area contributed by atoms with Crippen LogP contribution in [0.25, 0.3) is 0 Å². The monoisotopic (exact) mass is 419 g/mol. The number of ether oxygens (including phenoxy) is 4. The molecule has 1 aromatic carbocycles. The van der Waals surface area contributed by atoms with Crippen molar-refractivity contribution in [3.8, 4) is 5.75 Å². The Morgan fingerprint density at radius 1 is 0.867 bits per heavy atom. The van der Waals surface area contributed by atoms with Crippen LogP contribution in [-0.4, -0.2) is 37.5 Å². The van der Waals surface area contributed by atoms with Crippen LogP contribution in [0.2, 0.25) is 0 Å². The maximum absolute atomic E-state index is 12.2. The van der Waals surface area contributed by atoms with E-state index in [4.69, 9.17) is 18.9 Å². The first-order valence-electron chi connectivity index (χ1n) is 10.6. The average Bonchev–Trinajstić information content (AvgIpc) is 2.75. The molecule has 8 heteroatoms. The predicted octanol–water partition coefficient (Wildman–Crippen LogP) is 5.20. The number of carbonyl (C=O) groups excluding carboxylic acids is 3. The van der Waals surface area contributed by atoms with Crippen molar-refractivity contribution in [3.63, 3.8) is 0 Å². The van der Waals surface area contributed by atoms with E-state index in [1.165, 1.54) is 25.3 Å². The van der Waals surface area contributed by atoms with Crippen molar-refractivity contribution in [3.05, 3.63) is 23.8 Å². The summed E-state index contributed by atoms with van der Waals surface area (Å²) in [5, 5.41) is 2.61. The van der Waals surface area contributed by atoms with E-state index in [2.05, 4.69) is 5.32 Å². The third-order valence-electron chi connectivity index (χ3n) is 5.47. The molecule has 1 N–H and O–H groups in total. The standard InChI is InChI=1S/C22H29NO7/c1-27-20(24)18-14-15(23-21(25)28-16-8-4-2-5-9-16)12-13-19(18)30-22(26)29-17-10-6-3-7-11-17/h12-14,16-17H,2-11H2,1H3,(H,23,25). The van der Waals surface area contributed by atoms with E-state index in [-0.39, 0.29) is 23.5 Å². The molecule has 1 amide bonds. The highest BCUT2D eigenvalue weighted by atomic mass is 16.7. The SMILES string of the molecule is COC(=O)c1cc(NC(=O)OC2CCCCC2)ccc1OC(=O)OC1CCCCC1. The molecule has 30 heavy (non-hydrogen) atoms. The lowest BCUT2D eigenvalue weighted by Gasteiger charge is -2.22. The Labute approximate surface area is 176 Å². The molecule has 0 aliphatic heterocycles. The Balaban J connectivity index is 1.63. The molecule has 3 rings (SSSR count). The summed E-state index contributed by atoms with van der Waals surface area (Å²) in [6.07, 6.45) is 8.08. The number of methoxy groups -OCH3 is 1. The number of esters is 1. The highest BCUT2D eigenvalue weighted by molar-refractivity contribution is 5.95. The normalized spacial score (nSPS) is 17.6. The Morgan fingerprint density at radius 3 is 2.07 bits per heavy atom. The van der Waals surface area contributed by atoms with Crippen molar-refractivity contribution in [2.75, 3.05) is 12.4 Å². The van der Waals surface area contributed by atoms with Crippen molar-refractivity contribution >= 4 is 23.9 Å². The third kappa shape index (κ3) is 6.37. The van der Waals surface area contributed by atoms with Gasteiger partial charge in [0.1, 0.15) is 23.5 Å². The van der Waals surface area contributed by atoms with Gasteiger partial charge in [-0.25, -0.2) is 14.4 Å². The number of anilines is 1. The molecule has 2 saturated carbocycles. The molecule has 0 saturated heterocycles. The summed E-state index contributed by atoms with van der Waals surface area (Å²) < 4.78 is 20.8. The largest absolute Gasteiger partial charge is 0.514 e. The molecule has 164 valence electrons. The van der Waals surface area contributed by atoms with E-state index < -0.39 is 18.2 Å². The van der Waals surface area contributed by atoms with E-state index in [1.54, 1.807) is 0 Å². The maximum atomic E-state index is 12.2. The number of hydrogen-bond donors (Lipinski definition) is 1. The predicted molar refractivity (Wildman–Crippen MR) is 109 cm³/mol. The fraction of sp³-hybridized carbons (Fsp3) is 0.591. The van der Waals surface area contributed by atoms with Crippen LogP contribution in [0.4, 0.5) is 15.3 Å². The summed E-state index contributed by atoms with van der Waals surface area (Å²) in [6, 6.07) is 4.33. The number of rotatable bonds is 5. The average molecular weight is 419 g/mol. The Bertz CT molecular complexity index is 752. The molecule has 0 heterocycles. The molecule has 1 aromatic rings. The van der Waals surface area contributed by atoms with Crippen molar-refractivity contribution < 1.29 is 33.3 Å². The van der Waals surface area contributed by atoms with Gasteiger partial charge < -0.3 is 18.9 Å². The van der Waals surface area contributed by atoms with E-state index in [1.807, 2.05) is 0 Å². The lowest BCUT2D eigenvalue weighted by atomic mass is 9.98. The minimum Gasteiger partial charge on any atom is -0.465 e. The fourth-order valence-electron chi connectivity index (χ4n) is 3.88. The Kier molecular flexibility index (Phi) is 7.93. The zero-order chi connectivity index (χ0) is 21.3. The van der Waals surface area contributed by atoms with Gasteiger partial charge in [0, 0.05) is 5.69 Å². The zero-order valence-electron chi connectivity index (χ0n) is 17.3. The van der Waals surface area contributed by atoms with E-state index >= 15 is 0 Å². The number of nitrogens with one attached hydrogen (secondary N) is 1. The highest BCUT2D eigenvalue weighted by Crippen LogP contribution is 2.27. The van der Waals surface area contributed by atoms with Gasteiger partial charge in [-0.1, -0.05) is 12.8 Å². The van der Waals surface area contributed by atoms with Crippen LogP contribution in [0, 0.1) is 0 Å². The molecular weight excluding hydrogens is 390 g/mol. The summed E-state index contributed by atoms with van der Waals surface area (Å²) in [4.78, 5) is 36.5. The molecule has 0 unspecified atom stereocenters. The van der Waals surface area contributed by atoms with Gasteiger partial charge in [0.2, 0.25) is 0 Å². The minimum absolute atomic E-state index is 0.00793. The first-order valence-corrected chi connectivity index (χ1v) is 10.6. The molecule has 0 atom stereocenters. The lowest BCUT2D eigenvalue weighted by Crippen LogP contribution is -2.25. The summed E-state index contributed by atoms with van der Waals surface area (Å²) in [5.41, 5.74) is 0.345. The molecule has 2 aliphatic carbocycles. The van der Waals surface area contributed by atoms with Crippen LogP contribution in [0.3, 0.4) is 0 Å². The van der Waals surface area contributed by atoms with Gasteiger partial charge in [-0.15, -0.1) is 0 Å². The minimum atomic E-state index is -0.857. The smallest absolute Gasteiger partial charge is 0.465 e. The van der Waals surface area contributed by atoms with E-state index in [0.29, 0.717) is 5.69 Å². The zero-order valence-corrected chi connectivity index (χ0v) is 17.3. The van der Waals surface area contributed by atoms with Crippen LogP contribution in [-0.2, 0) is 14.2 Å². The van der Waals surface area contributed by atoms with Crippen molar-refractivity contribution in [1.29, 1.82) is 0 Å². The topological polar surface area (TPSA) is 100 Å². The second-order valence-electron chi connectivity index (χ2n) is 7.72. The highest BCUT2D eigenvalue weighted by Gasteiger charge is 2.23. The molecule has 0 bridgehead atoms. The van der Waals surface area contributed by atoms with Crippen LogP contribution >= 0.6 is 0 Å². The second kappa shape index (κ2) is 10.8. The van der Waals surface area contributed by atoms with E-state index in [9.17, 15) is 14.4 Å². The van der Waals surface area contributed by atoms with Crippen LogP contribution in [0.1, 0.15) is 74.6 Å². The summed E-state index contributed by atoms with van der Waals surface area (Å²) in [5.74, 6) is -0.686. The Hall–Kier alpha value is -2.77. The van der Waals surface area contributed by atoms with Gasteiger partial charge in [0.15, 0.2) is 0 Å². The van der Waals surface area contributed by atoms with Crippen LogP contribution in [0.15, 0.2) is 18.2 Å². The molecular formula is C22H29NO7. The number of benzene rings is 1. The summed E-state index contributed by atoms with van der Waals surface area (Å²) in [7, 11) is 1.23. The molecule has 2 fully saturated rings. The van der Waals surface area contributed by atoms with Gasteiger partial charge in [-0.2, -0.15) is 0 Å². The fourth-order valence-corrected chi connectivity index (χ4v) is 3.88. The first-order chi connectivity index (χ1) is 14.5. The first kappa shape index (κ1) is 21.9. The Morgan fingerprint density at radius 2 is 1.47 bits per heavy atom. The van der Waals surface area contributed by atoms with Gasteiger partial charge in [-0.05, 0) is 69.6 Å². The van der Waals surface area contributed by atoms with Crippen molar-refractivity contribution in [2.24, 2.45) is 0 Å². The van der Waals surface area contributed by atoms with Gasteiger partial charge in [0.05, 0.1) is 7.11 Å². The number of amides is 1. The lowest BCUT2D eigenvalue weighted by molar-refractivity contribution is 0.0409. The van der Waals surface area contributed by atoms with Gasteiger partial charge in [-0.3, -0.25) is 5.32 Å². The second-order valence-corrected chi connectivity index (χ2v) is 7.72. The maximum Gasteiger partial charge on any atom is 0.514 e. The number of hydrogen-bond acceptors (Lipinski definition) is 7. The van der Waals surface area contributed by atoms with Gasteiger partial charge >= 0.3 is 18.2 Å². The third-order valence-corrected chi connectivity index (χ3v) is 5.47. The van der Waals surface area contributed by atoms with Crippen molar-refractivity contribution in [2.45, 2.75) is 76.4 Å². The molecule has 0 spiro atoms. The molecule has 0 aromatic heterocycles. The van der Waals surface area contributed by atoms with Crippen molar-refractivity contribution in [1.82, 2.24) is 0 Å². The van der Waals surface area contributed by atoms with Gasteiger partial charge in [0.25, 0.3) is 0 Å². The molecule has 0 radical (unpaired) electrons. The molecule has 8 nitrogen and oxygen atoms in total. The number of carbonyl (C=O) groups is 3.